The second kappa shape index (κ2) is 8.70. The van der Waals surface area contributed by atoms with Crippen molar-refractivity contribution in [3.8, 4) is 11.5 Å². The Balaban J connectivity index is 1.18. The molecule has 10 heteroatoms. The van der Waals surface area contributed by atoms with Gasteiger partial charge in [-0.1, -0.05) is 17.4 Å². The Morgan fingerprint density at radius 2 is 2.00 bits per heavy atom. The van der Waals surface area contributed by atoms with Crippen LogP contribution < -0.4 is 24.6 Å². The minimum Gasteiger partial charge on any atom is -0.454 e. The van der Waals surface area contributed by atoms with Gasteiger partial charge in [0.05, 0.1) is 5.92 Å². The molecule has 0 saturated carbocycles. The Morgan fingerprint density at radius 3 is 2.90 bits per heavy atom. The molecule has 2 aromatic rings. The molecule has 2 fully saturated rings. The third kappa shape index (κ3) is 4.30. The highest BCUT2D eigenvalue weighted by atomic mass is 32.1. The lowest BCUT2D eigenvalue weighted by molar-refractivity contribution is -0.125. The molecule has 5 rings (SSSR count). The summed E-state index contributed by atoms with van der Waals surface area (Å²) in [5.41, 5.74) is 0.977. The lowest BCUT2D eigenvalue weighted by Crippen LogP contribution is -2.43. The number of fused-ring (bicyclic) bond motifs is 1. The maximum Gasteiger partial charge on any atom is 0.231 e. The molecule has 0 bridgehead atoms. The van der Waals surface area contributed by atoms with E-state index in [9.17, 15) is 9.59 Å². The Kier molecular flexibility index (Phi) is 5.63. The molecule has 164 valence electrons. The van der Waals surface area contributed by atoms with Gasteiger partial charge in [0.1, 0.15) is 0 Å². The molecule has 0 radical (unpaired) electrons. The van der Waals surface area contributed by atoms with E-state index in [-0.39, 0.29) is 24.5 Å². The molecule has 9 nitrogen and oxygen atoms in total. The number of anilines is 2. The lowest BCUT2D eigenvalue weighted by atomic mass is 9.97. The molecular weight excluding hydrogens is 418 g/mol. The topological polar surface area (TPSA) is 96.9 Å². The molecule has 2 saturated heterocycles. The van der Waals surface area contributed by atoms with Crippen LogP contribution in [0.3, 0.4) is 0 Å². The third-order valence-corrected chi connectivity index (χ3v) is 6.93. The van der Waals surface area contributed by atoms with Gasteiger partial charge in [0.15, 0.2) is 11.5 Å². The lowest BCUT2D eigenvalue weighted by Gasteiger charge is -2.31. The van der Waals surface area contributed by atoms with Crippen molar-refractivity contribution in [3.63, 3.8) is 0 Å². The number of benzene rings is 1. The van der Waals surface area contributed by atoms with Gasteiger partial charge < -0.3 is 19.7 Å². The Morgan fingerprint density at radius 1 is 1.13 bits per heavy atom. The van der Waals surface area contributed by atoms with Crippen LogP contribution in [-0.2, 0) is 16.1 Å². The summed E-state index contributed by atoms with van der Waals surface area (Å²) in [5, 5.41) is 13.0. The van der Waals surface area contributed by atoms with Gasteiger partial charge in [0, 0.05) is 32.6 Å². The van der Waals surface area contributed by atoms with Crippen molar-refractivity contribution in [1.82, 2.24) is 15.5 Å². The molecule has 2 amide bonds. The van der Waals surface area contributed by atoms with E-state index in [1.165, 1.54) is 11.3 Å². The number of rotatable bonds is 5. The third-order valence-electron chi connectivity index (χ3n) is 5.92. The molecule has 3 aliphatic rings. The fraction of sp³-hybridized carbons (Fsp3) is 0.524. The summed E-state index contributed by atoms with van der Waals surface area (Å²) in [6, 6.07) is 5.71. The first-order chi connectivity index (χ1) is 15.2. The Labute approximate surface area is 184 Å². The van der Waals surface area contributed by atoms with Crippen molar-refractivity contribution in [3.05, 3.63) is 23.8 Å². The quantitative estimate of drug-likeness (QED) is 0.757. The number of amides is 2. The molecule has 1 aromatic carbocycles. The number of aromatic nitrogens is 2. The number of carbonyl (C=O) groups is 2. The normalized spacial score (nSPS) is 20.8. The molecule has 0 spiro atoms. The van der Waals surface area contributed by atoms with E-state index in [1.807, 2.05) is 18.2 Å². The van der Waals surface area contributed by atoms with Crippen LogP contribution >= 0.6 is 11.3 Å². The minimum atomic E-state index is -0.105. The SMILES string of the molecule is O=C(NCc1ccc2c(c1)OCO2)[C@@H]1CCCN(c2nnc(N3CCCCC3=O)s2)C1. The van der Waals surface area contributed by atoms with E-state index < -0.39 is 0 Å². The van der Waals surface area contributed by atoms with E-state index in [4.69, 9.17) is 9.47 Å². The summed E-state index contributed by atoms with van der Waals surface area (Å²) in [4.78, 5) is 28.8. The van der Waals surface area contributed by atoms with Crippen LogP contribution in [0, 0.1) is 5.92 Å². The van der Waals surface area contributed by atoms with Crippen LogP contribution in [0.25, 0.3) is 0 Å². The number of ether oxygens (including phenoxy) is 2. The summed E-state index contributed by atoms with van der Waals surface area (Å²) in [6.45, 7) is 2.84. The number of carbonyl (C=O) groups excluding carboxylic acids is 2. The van der Waals surface area contributed by atoms with Crippen molar-refractivity contribution in [2.75, 3.05) is 36.2 Å². The average Bonchev–Trinajstić information content (AvgIpc) is 3.47. The van der Waals surface area contributed by atoms with Crippen LogP contribution in [0.15, 0.2) is 18.2 Å². The smallest absolute Gasteiger partial charge is 0.231 e. The summed E-state index contributed by atoms with van der Waals surface area (Å²) >= 11 is 1.44. The van der Waals surface area contributed by atoms with Gasteiger partial charge in [0.25, 0.3) is 0 Å². The molecule has 1 atom stereocenters. The summed E-state index contributed by atoms with van der Waals surface area (Å²) in [7, 11) is 0. The van der Waals surface area contributed by atoms with Gasteiger partial charge in [-0.2, -0.15) is 0 Å². The zero-order valence-corrected chi connectivity index (χ0v) is 18.0. The monoisotopic (exact) mass is 443 g/mol. The van der Waals surface area contributed by atoms with Crippen LogP contribution in [-0.4, -0.2) is 48.4 Å². The number of hydrogen-bond acceptors (Lipinski definition) is 8. The number of piperidine rings is 2. The first-order valence-corrected chi connectivity index (χ1v) is 11.5. The second-order valence-electron chi connectivity index (χ2n) is 8.06. The number of nitrogens with one attached hydrogen (secondary N) is 1. The number of hydrogen-bond donors (Lipinski definition) is 1. The molecule has 4 heterocycles. The van der Waals surface area contributed by atoms with Gasteiger partial charge in [0.2, 0.25) is 28.9 Å². The van der Waals surface area contributed by atoms with Gasteiger partial charge in [-0.25, -0.2) is 0 Å². The highest BCUT2D eigenvalue weighted by Gasteiger charge is 2.29. The van der Waals surface area contributed by atoms with Crippen molar-refractivity contribution >= 4 is 33.4 Å². The molecule has 0 unspecified atom stereocenters. The summed E-state index contributed by atoms with van der Waals surface area (Å²) in [6.07, 6.45) is 4.27. The zero-order chi connectivity index (χ0) is 21.2. The standard InChI is InChI=1S/C21H25N5O4S/c27-18-5-1-2-9-26(18)21-24-23-20(31-21)25-8-3-4-15(12-25)19(28)22-11-14-6-7-16-17(10-14)30-13-29-16/h6-7,10,15H,1-5,8-9,11-13H2,(H,22,28)/t15-/m1/s1. The Bertz CT molecular complexity index is 980. The van der Waals surface area contributed by atoms with Crippen LogP contribution in [0.5, 0.6) is 11.5 Å². The fourth-order valence-corrected chi connectivity index (χ4v) is 5.13. The van der Waals surface area contributed by atoms with E-state index >= 15 is 0 Å². The van der Waals surface area contributed by atoms with E-state index in [1.54, 1.807) is 4.90 Å². The second-order valence-corrected chi connectivity index (χ2v) is 8.99. The first-order valence-electron chi connectivity index (χ1n) is 10.7. The first kappa shape index (κ1) is 20.0. The van der Waals surface area contributed by atoms with Crippen molar-refractivity contribution in [2.45, 2.75) is 38.6 Å². The van der Waals surface area contributed by atoms with Gasteiger partial charge in [-0.05, 0) is 43.4 Å². The van der Waals surface area contributed by atoms with Crippen LogP contribution in [0.4, 0.5) is 10.3 Å². The maximum atomic E-state index is 12.8. The molecule has 0 aliphatic carbocycles. The maximum absolute atomic E-state index is 12.8. The molecule has 31 heavy (non-hydrogen) atoms. The molecule has 3 aliphatic heterocycles. The van der Waals surface area contributed by atoms with Gasteiger partial charge in [-0.15, -0.1) is 10.2 Å². The summed E-state index contributed by atoms with van der Waals surface area (Å²) in [5.74, 6) is 1.51. The van der Waals surface area contributed by atoms with Crippen molar-refractivity contribution in [1.29, 1.82) is 0 Å². The Hall–Kier alpha value is -2.88. The van der Waals surface area contributed by atoms with Crippen molar-refractivity contribution in [2.24, 2.45) is 5.92 Å². The van der Waals surface area contributed by atoms with E-state index in [0.717, 1.165) is 54.4 Å². The van der Waals surface area contributed by atoms with Crippen LogP contribution in [0.2, 0.25) is 0 Å². The molecular formula is C21H25N5O4S. The molecule has 1 aromatic heterocycles. The predicted octanol–water partition coefficient (Wildman–Crippen LogP) is 2.32. The fourth-order valence-electron chi connectivity index (χ4n) is 4.20. The van der Waals surface area contributed by atoms with Crippen molar-refractivity contribution < 1.29 is 19.1 Å². The van der Waals surface area contributed by atoms with Gasteiger partial charge >= 0.3 is 0 Å². The predicted molar refractivity (Wildman–Crippen MR) is 115 cm³/mol. The van der Waals surface area contributed by atoms with E-state index in [0.29, 0.717) is 31.2 Å². The highest BCUT2D eigenvalue weighted by Crippen LogP contribution is 2.33. The average molecular weight is 444 g/mol. The zero-order valence-electron chi connectivity index (χ0n) is 17.2. The van der Waals surface area contributed by atoms with Crippen LogP contribution in [0.1, 0.15) is 37.7 Å². The number of nitrogens with zero attached hydrogens (tertiary/aromatic N) is 4. The van der Waals surface area contributed by atoms with E-state index in [2.05, 4.69) is 20.4 Å². The van der Waals surface area contributed by atoms with Gasteiger partial charge in [-0.3, -0.25) is 14.5 Å². The largest absolute Gasteiger partial charge is 0.454 e. The highest BCUT2D eigenvalue weighted by molar-refractivity contribution is 7.19. The molecule has 1 N–H and O–H groups in total. The minimum absolute atomic E-state index is 0.0401. The summed E-state index contributed by atoms with van der Waals surface area (Å²) < 4.78 is 10.7.